The van der Waals surface area contributed by atoms with Gasteiger partial charge in [-0.05, 0) is 31.0 Å². The van der Waals surface area contributed by atoms with Crippen molar-refractivity contribution in [2.45, 2.75) is 25.3 Å². The first-order chi connectivity index (χ1) is 13.6. The topological polar surface area (TPSA) is 99.2 Å². The number of hydrogen-bond acceptors (Lipinski definition) is 6. The largest absolute Gasteiger partial charge is 0.365 e. The van der Waals surface area contributed by atoms with Gasteiger partial charge in [-0.15, -0.1) is 0 Å². The molecule has 1 fully saturated rings. The number of amides is 1. The minimum absolute atomic E-state index is 0.0405. The van der Waals surface area contributed by atoms with Gasteiger partial charge in [0.25, 0.3) is 0 Å². The number of hydrogen-bond donors (Lipinski definition) is 1. The Morgan fingerprint density at radius 3 is 3.11 bits per heavy atom. The summed E-state index contributed by atoms with van der Waals surface area (Å²) in [6.07, 6.45) is 6.24. The normalized spacial score (nSPS) is 16.7. The van der Waals surface area contributed by atoms with E-state index in [1.165, 1.54) is 12.3 Å². The first-order valence-electron chi connectivity index (χ1n) is 9.01. The summed E-state index contributed by atoms with van der Waals surface area (Å²) in [5, 5.41) is 12.1. The summed E-state index contributed by atoms with van der Waals surface area (Å²) in [5.74, 6) is 0.530. The molecule has 0 radical (unpaired) electrons. The highest BCUT2D eigenvalue weighted by Gasteiger charge is 2.23. The fourth-order valence-electron chi connectivity index (χ4n) is 3.39. The van der Waals surface area contributed by atoms with E-state index in [0.717, 1.165) is 12.8 Å². The van der Waals surface area contributed by atoms with E-state index in [2.05, 4.69) is 20.3 Å². The molecule has 1 atom stereocenters. The standard InChI is InChI=1S/C19H18FN7O/c20-13-3-4-17-23-10-15(27(17)11-13)19-22-8-6-16(25-19)24-14-2-1-9-26(12-14)18(28)5-7-21/h3-4,6,8,10-11,14H,1-2,5,9,12H2,(H,22,24,25)/t14-/m1/s1. The Bertz CT molecular complexity index is 1060. The quantitative estimate of drug-likeness (QED) is 0.746. The number of rotatable bonds is 4. The lowest BCUT2D eigenvalue weighted by Gasteiger charge is -2.33. The number of halogens is 1. The Hall–Kier alpha value is -3.54. The van der Waals surface area contributed by atoms with Crippen molar-refractivity contribution in [3.05, 3.63) is 42.6 Å². The van der Waals surface area contributed by atoms with Crippen molar-refractivity contribution in [1.29, 1.82) is 5.26 Å². The summed E-state index contributed by atoms with van der Waals surface area (Å²) in [7, 11) is 0. The van der Waals surface area contributed by atoms with Crippen molar-refractivity contribution in [2.24, 2.45) is 0 Å². The molecule has 1 aliphatic rings. The maximum Gasteiger partial charge on any atom is 0.236 e. The zero-order valence-electron chi connectivity index (χ0n) is 15.0. The van der Waals surface area contributed by atoms with Crippen LogP contribution in [0.2, 0.25) is 0 Å². The Morgan fingerprint density at radius 1 is 1.36 bits per heavy atom. The van der Waals surface area contributed by atoms with Crippen molar-refractivity contribution >= 4 is 17.4 Å². The molecule has 0 unspecified atom stereocenters. The Labute approximate surface area is 160 Å². The predicted octanol–water partition coefficient (Wildman–Crippen LogP) is 2.25. The smallest absolute Gasteiger partial charge is 0.236 e. The molecule has 1 N–H and O–H groups in total. The van der Waals surface area contributed by atoms with Gasteiger partial charge in [0, 0.05) is 31.5 Å². The lowest BCUT2D eigenvalue weighted by molar-refractivity contribution is -0.131. The molecule has 142 valence electrons. The number of likely N-dealkylation sites (tertiary alicyclic amines) is 1. The predicted molar refractivity (Wildman–Crippen MR) is 99.6 cm³/mol. The molecule has 0 aliphatic carbocycles. The van der Waals surface area contributed by atoms with Crippen molar-refractivity contribution in [3.63, 3.8) is 0 Å². The van der Waals surface area contributed by atoms with E-state index in [-0.39, 0.29) is 24.2 Å². The van der Waals surface area contributed by atoms with E-state index < -0.39 is 0 Å². The maximum atomic E-state index is 13.6. The molecule has 0 bridgehead atoms. The summed E-state index contributed by atoms with van der Waals surface area (Å²) < 4.78 is 15.2. The van der Waals surface area contributed by atoms with Crippen LogP contribution in [-0.2, 0) is 4.79 Å². The Balaban J connectivity index is 1.53. The van der Waals surface area contributed by atoms with Gasteiger partial charge in [-0.2, -0.15) is 5.26 Å². The van der Waals surface area contributed by atoms with Gasteiger partial charge >= 0.3 is 0 Å². The van der Waals surface area contributed by atoms with E-state index in [1.54, 1.807) is 33.8 Å². The Morgan fingerprint density at radius 2 is 2.25 bits per heavy atom. The average Bonchev–Trinajstić information content (AvgIpc) is 3.11. The minimum Gasteiger partial charge on any atom is -0.365 e. The summed E-state index contributed by atoms with van der Waals surface area (Å²) in [5.41, 5.74) is 1.20. The maximum absolute atomic E-state index is 13.6. The highest BCUT2D eigenvalue weighted by molar-refractivity contribution is 5.78. The van der Waals surface area contributed by atoms with E-state index >= 15 is 0 Å². The summed E-state index contributed by atoms with van der Waals surface area (Å²) in [4.78, 5) is 26.8. The molecule has 9 heteroatoms. The lowest BCUT2D eigenvalue weighted by atomic mass is 10.1. The first-order valence-corrected chi connectivity index (χ1v) is 9.01. The molecule has 8 nitrogen and oxygen atoms in total. The number of aromatic nitrogens is 4. The molecule has 1 aliphatic heterocycles. The number of nitrogens with one attached hydrogen (secondary N) is 1. The molecular formula is C19H18FN7O. The molecule has 1 amide bonds. The van der Waals surface area contributed by atoms with Gasteiger partial charge in [-0.25, -0.2) is 19.3 Å². The average molecular weight is 379 g/mol. The van der Waals surface area contributed by atoms with Crippen LogP contribution >= 0.6 is 0 Å². The molecule has 1 saturated heterocycles. The van der Waals surface area contributed by atoms with Gasteiger partial charge in [-0.1, -0.05) is 0 Å². The molecule has 0 saturated carbocycles. The van der Waals surface area contributed by atoms with Gasteiger partial charge in [-0.3, -0.25) is 9.20 Å². The Kier molecular flexibility index (Phi) is 4.85. The van der Waals surface area contributed by atoms with E-state index in [1.807, 2.05) is 6.07 Å². The van der Waals surface area contributed by atoms with Crippen LogP contribution in [0.5, 0.6) is 0 Å². The number of carbonyl (C=O) groups is 1. The molecule has 0 spiro atoms. The summed E-state index contributed by atoms with van der Waals surface area (Å²) >= 11 is 0. The third-order valence-electron chi connectivity index (χ3n) is 4.71. The number of fused-ring (bicyclic) bond motifs is 1. The third-order valence-corrected chi connectivity index (χ3v) is 4.71. The molecular weight excluding hydrogens is 361 g/mol. The monoisotopic (exact) mass is 379 g/mol. The molecule has 3 aromatic rings. The van der Waals surface area contributed by atoms with Crippen LogP contribution in [0.4, 0.5) is 10.2 Å². The fraction of sp³-hybridized carbons (Fsp3) is 0.316. The number of nitrogens with zero attached hydrogens (tertiary/aromatic N) is 6. The fourth-order valence-corrected chi connectivity index (χ4v) is 3.39. The molecule has 3 aromatic heterocycles. The van der Waals surface area contributed by atoms with Gasteiger partial charge < -0.3 is 10.2 Å². The second-order valence-corrected chi connectivity index (χ2v) is 6.64. The summed E-state index contributed by atoms with van der Waals surface area (Å²) in [6, 6.07) is 6.65. The highest BCUT2D eigenvalue weighted by atomic mass is 19.1. The molecule has 4 heterocycles. The van der Waals surface area contributed by atoms with Crippen molar-refractivity contribution < 1.29 is 9.18 Å². The zero-order chi connectivity index (χ0) is 19.5. The van der Waals surface area contributed by atoms with Gasteiger partial charge in [0.15, 0.2) is 5.82 Å². The molecule has 28 heavy (non-hydrogen) atoms. The van der Waals surface area contributed by atoms with Crippen molar-refractivity contribution in [2.75, 3.05) is 18.4 Å². The van der Waals surface area contributed by atoms with Crippen LogP contribution in [0.1, 0.15) is 19.3 Å². The molecule has 4 rings (SSSR count). The van der Waals surface area contributed by atoms with E-state index in [0.29, 0.717) is 36.1 Å². The third kappa shape index (κ3) is 3.62. The highest BCUT2D eigenvalue weighted by Crippen LogP contribution is 2.20. The second kappa shape index (κ2) is 7.60. The van der Waals surface area contributed by atoms with Crippen LogP contribution in [-0.4, -0.2) is 49.3 Å². The number of nitriles is 1. The number of pyridine rings is 1. The minimum atomic E-state index is -0.370. The van der Waals surface area contributed by atoms with E-state index in [9.17, 15) is 9.18 Å². The number of anilines is 1. The van der Waals surface area contributed by atoms with Crippen LogP contribution < -0.4 is 5.32 Å². The van der Waals surface area contributed by atoms with Crippen molar-refractivity contribution in [1.82, 2.24) is 24.3 Å². The molecule has 0 aromatic carbocycles. The summed E-state index contributed by atoms with van der Waals surface area (Å²) in [6.45, 7) is 1.20. The number of imidazole rings is 1. The number of piperidine rings is 1. The van der Waals surface area contributed by atoms with Crippen LogP contribution in [0.3, 0.4) is 0 Å². The van der Waals surface area contributed by atoms with Gasteiger partial charge in [0.2, 0.25) is 5.91 Å². The first kappa shape index (κ1) is 17.9. The van der Waals surface area contributed by atoms with Crippen LogP contribution in [0, 0.1) is 17.1 Å². The van der Waals surface area contributed by atoms with E-state index in [4.69, 9.17) is 5.26 Å². The van der Waals surface area contributed by atoms with Crippen molar-refractivity contribution in [3.8, 4) is 17.6 Å². The number of carbonyl (C=O) groups excluding carboxylic acids is 1. The van der Waals surface area contributed by atoms with Gasteiger partial charge in [0.05, 0.1) is 12.3 Å². The lowest BCUT2D eigenvalue weighted by Crippen LogP contribution is -2.45. The SMILES string of the molecule is N#CCC(=O)N1CCC[C@@H](Nc2ccnc(-c3cnc4ccc(F)cn34)n2)C1. The van der Waals surface area contributed by atoms with Crippen LogP contribution in [0.15, 0.2) is 36.8 Å². The second-order valence-electron chi connectivity index (χ2n) is 6.64. The van der Waals surface area contributed by atoms with Crippen LogP contribution in [0.25, 0.3) is 17.2 Å². The zero-order valence-corrected chi connectivity index (χ0v) is 15.0. The van der Waals surface area contributed by atoms with Gasteiger partial charge in [0.1, 0.15) is 29.4 Å².